The van der Waals surface area contributed by atoms with Gasteiger partial charge in [0.25, 0.3) is 0 Å². The van der Waals surface area contributed by atoms with Gasteiger partial charge in [0.15, 0.2) is 0 Å². The topological polar surface area (TPSA) is 29.4 Å². The van der Waals surface area contributed by atoms with Gasteiger partial charge in [-0.25, -0.2) is 4.79 Å². The first-order chi connectivity index (χ1) is 8.39. The lowest BCUT2D eigenvalue weighted by atomic mass is 9.71. The van der Waals surface area contributed by atoms with E-state index in [0.29, 0.717) is 17.3 Å². The second kappa shape index (κ2) is 4.52. The minimum atomic E-state index is -4.46. The second-order valence-corrected chi connectivity index (χ2v) is 5.19. The SMILES string of the molecule is O=C=NC1(c2ccc(Br)cc2C(F)(F)F)CCC1. The van der Waals surface area contributed by atoms with Crippen LogP contribution in [-0.4, -0.2) is 6.08 Å². The Balaban J connectivity index is 2.60. The molecule has 1 aromatic carbocycles. The maximum absolute atomic E-state index is 13.0. The highest BCUT2D eigenvalue weighted by Crippen LogP contribution is 2.49. The molecule has 2 rings (SSSR count). The third-order valence-corrected chi connectivity index (χ3v) is 3.72. The predicted octanol–water partition coefficient (Wildman–Crippen LogP) is 4.18. The lowest BCUT2D eigenvalue weighted by molar-refractivity contribution is -0.139. The summed E-state index contributed by atoms with van der Waals surface area (Å²) < 4.78 is 39.3. The maximum atomic E-state index is 13.0. The quantitative estimate of drug-likeness (QED) is 0.594. The Morgan fingerprint density at radius 1 is 1.33 bits per heavy atom. The maximum Gasteiger partial charge on any atom is 0.416 e. The molecule has 1 saturated carbocycles. The summed E-state index contributed by atoms with van der Waals surface area (Å²) >= 11 is 3.03. The zero-order chi connectivity index (χ0) is 13.4. The summed E-state index contributed by atoms with van der Waals surface area (Å²) in [6, 6.07) is 3.94. The van der Waals surface area contributed by atoms with Gasteiger partial charge < -0.3 is 0 Å². The Hall–Kier alpha value is -1.13. The molecule has 0 N–H and O–H groups in total. The van der Waals surface area contributed by atoms with Crippen LogP contribution in [0.15, 0.2) is 27.7 Å². The highest BCUT2D eigenvalue weighted by Gasteiger charge is 2.45. The molecule has 0 amide bonds. The third kappa shape index (κ3) is 2.22. The molecule has 0 aromatic heterocycles. The number of rotatable bonds is 2. The van der Waals surface area contributed by atoms with Crippen molar-refractivity contribution in [1.29, 1.82) is 0 Å². The minimum Gasteiger partial charge on any atom is -0.211 e. The van der Waals surface area contributed by atoms with E-state index >= 15 is 0 Å². The molecular weight excluding hydrogens is 311 g/mol. The van der Waals surface area contributed by atoms with Crippen molar-refractivity contribution in [3.8, 4) is 0 Å². The van der Waals surface area contributed by atoms with Crippen LogP contribution in [0.5, 0.6) is 0 Å². The average molecular weight is 320 g/mol. The summed E-state index contributed by atoms with van der Waals surface area (Å²) in [7, 11) is 0. The molecule has 1 aliphatic rings. The first-order valence-electron chi connectivity index (χ1n) is 5.35. The Morgan fingerprint density at radius 3 is 2.44 bits per heavy atom. The van der Waals surface area contributed by atoms with Crippen LogP contribution < -0.4 is 0 Å². The van der Waals surface area contributed by atoms with Crippen LogP contribution in [-0.2, 0) is 16.5 Å². The molecule has 0 radical (unpaired) electrons. The molecule has 2 nitrogen and oxygen atoms in total. The predicted molar refractivity (Wildman–Crippen MR) is 62.8 cm³/mol. The van der Waals surface area contributed by atoms with E-state index in [2.05, 4.69) is 20.9 Å². The van der Waals surface area contributed by atoms with Crippen molar-refractivity contribution in [2.24, 2.45) is 4.99 Å². The van der Waals surface area contributed by atoms with E-state index in [0.717, 1.165) is 12.5 Å². The van der Waals surface area contributed by atoms with Gasteiger partial charge in [0.05, 0.1) is 11.1 Å². The number of hydrogen-bond acceptors (Lipinski definition) is 2. The number of benzene rings is 1. The van der Waals surface area contributed by atoms with Gasteiger partial charge in [0.2, 0.25) is 6.08 Å². The van der Waals surface area contributed by atoms with Crippen molar-refractivity contribution in [2.45, 2.75) is 31.0 Å². The van der Waals surface area contributed by atoms with Crippen LogP contribution in [0.25, 0.3) is 0 Å². The molecule has 0 unspecified atom stereocenters. The molecule has 1 aromatic rings. The van der Waals surface area contributed by atoms with E-state index in [1.807, 2.05) is 0 Å². The standard InChI is InChI=1S/C12H9BrF3NO/c13-8-2-3-9(10(6-8)12(14,15)16)11(17-7-18)4-1-5-11/h2-3,6H,1,4-5H2. The molecule has 0 bridgehead atoms. The molecular formula is C12H9BrF3NO. The fourth-order valence-corrected chi connectivity index (χ4v) is 2.56. The van der Waals surface area contributed by atoms with E-state index in [4.69, 9.17) is 0 Å². The van der Waals surface area contributed by atoms with Gasteiger partial charge >= 0.3 is 6.18 Å². The van der Waals surface area contributed by atoms with Crippen LogP contribution in [0.1, 0.15) is 30.4 Å². The lowest BCUT2D eigenvalue weighted by Crippen LogP contribution is -2.34. The van der Waals surface area contributed by atoms with Gasteiger partial charge in [-0.1, -0.05) is 22.0 Å². The Morgan fingerprint density at radius 2 is 2.00 bits per heavy atom. The van der Waals surface area contributed by atoms with Gasteiger partial charge in [-0.05, 0) is 37.0 Å². The highest BCUT2D eigenvalue weighted by atomic mass is 79.9. The number of halogens is 4. The summed E-state index contributed by atoms with van der Waals surface area (Å²) in [5.74, 6) is 0. The number of aliphatic imine (C=N–C) groups is 1. The van der Waals surface area contributed by atoms with Gasteiger partial charge in [-0.15, -0.1) is 0 Å². The van der Waals surface area contributed by atoms with Crippen molar-refractivity contribution >= 4 is 22.0 Å². The molecule has 1 fully saturated rings. The summed E-state index contributed by atoms with van der Waals surface area (Å²) in [5, 5.41) is 0. The van der Waals surface area contributed by atoms with E-state index in [-0.39, 0.29) is 5.56 Å². The Kier molecular flexibility index (Phi) is 3.34. The normalized spacial score (nSPS) is 17.8. The van der Waals surface area contributed by atoms with E-state index < -0.39 is 17.3 Å². The number of isocyanates is 1. The third-order valence-electron chi connectivity index (χ3n) is 3.23. The van der Waals surface area contributed by atoms with Crippen LogP contribution in [0.3, 0.4) is 0 Å². The Bertz CT molecular complexity index is 517. The summed E-state index contributed by atoms with van der Waals surface area (Å²) in [6.07, 6.45) is -1.39. The van der Waals surface area contributed by atoms with Crippen LogP contribution >= 0.6 is 15.9 Å². The lowest BCUT2D eigenvalue weighted by Gasteiger charge is -2.38. The number of carbonyl (C=O) groups excluding carboxylic acids is 1. The number of hydrogen-bond donors (Lipinski definition) is 0. The van der Waals surface area contributed by atoms with E-state index in [9.17, 15) is 18.0 Å². The van der Waals surface area contributed by atoms with Gasteiger partial charge in [-0.2, -0.15) is 18.2 Å². The second-order valence-electron chi connectivity index (χ2n) is 4.28. The first-order valence-corrected chi connectivity index (χ1v) is 6.15. The average Bonchev–Trinajstić information content (AvgIpc) is 2.22. The zero-order valence-electron chi connectivity index (χ0n) is 9.22. The van der Waals surface area contributed by atoms with Crippen molar-refractivity contribution < 1.29 is 18.0 Å². The fraction of sp³-hybridized carbons (Fsp3) is 0.417. The van der Waals surface area contributed by atoms with Crippen LogP contribution in [0, 0.1) is 0 Å². The molecule has 0 aliphatic heterocycles. The van der Waals surface area contributed by atoms with Gasteiger partial charge in [0, 0.05) is 4.47 Å². The first kappa shape index (κ1) is 13.3. The Labute approximate surface area is 110 Å². The van der Waals surface area contributed by atoms with E-state index in [1.165, 1.54) is 18.2 Å². The summed E-state index contributed by atoms with van der Waals surface area (Å²) in [4.78, 5) is 14.0. The minimum absolute atomic E-state index is 0.0628. The van der Waals surface area contributed by atoms with Crippen molar-refractivity contribution in [3.63, 3.8) is 0 Å². The molecule has 18 heavy (non-hydrogen) atoms. The molecule has 0 spiro atoms. The van der Waals surface area contributed by atoms with E-state index in [1.54, 1.807) is 0 Å². The van der Waals surface area contributed by atoms with Crippen molar-refractivity contribution in [2.75, 3.05) is 0 Å². The summed E-state index contributed by atoms with van der Waals surface area (Å²) in [5.41, 5.74) is -1.71. The van der Waals surface area contributed by atoms with Crippen molar-refractivity contribution in [1.82, 2.24) is 0 Å². The largest absolute Gasteiger partial charge is 0.416 e. The number of alkyl halides is 3. The van der Waals surface area contributed by atoms with Crippen LogP contribution in [0.2, 0.25) is 0 Å². The summed E-state index contributed by atoms with van der Waals surface area (Å²) in [6.45, 7) is 0. The highest BCUT2D eigenvalue weighted by molar-refractivity contribution is 9.10. The number of nitrogens with zero attached hydrogens (tertiary/aromatic N) is 1. The molecule has 0 atom stereocenters. The van der Waals surface area contributed by atoms with Gasteiger partial charge in [0.1, 0.15) is 0 Å². The molecule has 6 heteroatoms. The smallest absolute Gasteiger partial charge is 0.211 e. The van der Waals surface area contributed by atoms with Crippen LogP contribution in [0.4, 0.5) is 13.2 Å². The monoisotopic (exact) mass is 319 g/mol. The fourth-order valence-electron chi connectivity index (χ4n) is 2.20. The molecule has 1 aliphatic carbocycles. The molecule has 0 saturated heterocycles. The van der Waals surface area contributed by atoms with Gasteiger partial charge in [-0.3, -0.25) is 0 Å². The molecule has 0 heterocycles. The molecule has 96 valence electrons. The van der Waals surface area contributed by atoms with Crippen molar-refractivity contribution in [3.05, 3.63) is 33.8 Å². The zero-order valence-corrected chi connectivity index (χ0v) is 10.8.